The van der Waals surface area contributed by atoms with Crippen LogP contribution in [0.25, 0.3) is 0 Å². The van der Waals surface area contributed by atoms with Crippen LogP contribution in [0.2, 0.25) is 0 Å². The van der Waals surface area contributed by atoms with Crippen molar-refractivity contribution in [2.24, 2.45) is 0 Å². The molecule has 0 amide bonds. The Morgan fingerprint density at radius 3 is 2.50 bits per heavy atom. The molecule has 0 saturated heterocycles. The quantitative estimate of drug-likeness (QED) is 0.794. The van der Waals surface area contributed by atoms with Crippen LogP contribution in [0.1, 0.15) is 44.2 Å². The number of rotatable bonds is 4. The highest BCUT2D eigenvalue weighted by atomic mass is 19.1. The van der Waals surface area contributed by atoms with E-state index in [1.165, 1.54) is 24.6 Å². The van der Waals surface area contributed by atoms with E-state index in [1.54, 1.807) is 0 Å². The molecule has 1 atom stereocenters. The van der Waals surface area contributed by atoms with Crippen LogP contribution in [-0.2, 0) is 0 Å². The van der Waals surface area contributed by atoms with Gasteiger partial charge in [-0.3, -0.25) is 0 Å². The zero-order valence-corrected chi connectivity index (χ0v) is 10.7. The van der Waals surface area contributed by atoms with E-state index in [1.807, 2.05) is 6.92 Å². The van der Waals surface area contributed by atoms with Gasteiger partial charge in [0.1, 0.15) is 11.6 Å². The lowest BCUT2D eigenvalue weighted by molar-refractivity contribution is 0.490. The third kappa shape index (κ3) is 2.78. The number of benzene rings is 1. The Morgan fingerprint density at radius 2 is 1.94 bits per heavy atom. The van der Waals surface area contributed by atoms with Crippen LogP contribution < -0.4 is 5.32 Å². The minimum absolute atomic E-state index is 0.160. The Hall–Kier alpha value is -1.22. The lowest BCUT2D eigenvalue weighted by atomic mass is 9.89. The van der Waals surface area contributed by atoms with Crippen molar-refractivity contribution >= 4 is 0 Å². The highest BCUT2D eigenvalue weighted by molar-refractivity contribution is 5.31. The SMILES string of the molecule is CCNC(C1=CCCCC1)c1c(F)cccc1F. The smallest absolute Gasteiger partial charge is 0.131 e. The molecule has 3 heteroatoms. The maximum absolute atomic E-state index is 13.9. The summed E-state index contributed by atoms with van der Waals surface area (Å²) in [7, 11) is 0. The molecule has 0 fully saturated rings. The Kier molecular flexibility index (Phi) is 4.48. The first-order valence-electron chi connectivity index (χ1n) is 6.60. The largest absolute Gasteiger partial charge is 0.307 e. The Morgan fingerprint density at radius 1 is 1.22 bits per heavy atom. The highest BCUT2D eigenvalue weighted by Gasteiger charge is 2.23. The fourth-order valence-electron chi connectivity index (χ4n) is 2.53. The van der Waals surface area contributed by atoms with E-state index < -0.39 is 11.6 Å². The first-order valence-corrected chi connectivity index (χ1v) is 6.60. The Labute approximate surface area is 107 Å². The van der Waals surface area contributed by atoms with Crippen molar-refractivity contribution in [1.29, 1.82) is 0 Å². The van der Waals surface area contributed by atoms with E-state index in [0.717, 1.165) is 24.8 Å². The molecule has 18 heavy (non-hydrogen) atoms. The van der Waals surface area contributed by atoms with Crippen LogP contribution in [0.15, 0.2) is 29.8 Å². The molecule has 1 N–H and O–H groups in total. The average Bonchev–Trinajstić information content (AvgIpc) is 2.38. The van der Waals surface area contributed by atoms with Crippen LogP contribution in [0.5, 0.6) is 0 Å². The summed E-state index contributed by atoms with van der Waals surface area (Å²) in [6, 6.07) is 3.74. The molecule has 98 valence electrons. The van der Waals surface area contributed by atoms with Crippen molar-refractivity contribution < 1.29 is 8.78 Å². The summed E-state index contributed by atoms with van der Waals surface area (Å²) in [6.45, 7) is 2.64. The molecular formula is C15H19F2N. The average molecular weight is 251 g/mol. The molecule has 1 aliphatic rings. The van der Waals surface area contributed by atoms with Crippen LogP contribution >= 0.6 is 0 Å². The second kappa shape index (κ2) is 6.10. The highest BCUT2D eigenvalue weighted by Crippen LogP contribution is 2.32. The normalized spacial score (nSPS) is 17.4. The molecule has 0 radical (unpaired) electrons. The third-order valence-electron chi connectivity index (χ3n) is 3.39. The van der Waals surface area contributed by atoms with Crippen molar-refractivity contribution in [2.75, 3.05) is 6.54 Å². The van der Waals surface area contributed by atoms with E-state index in [-0.39, 0.29) is 11.6 Å². The first-order chi connectivity index (χ1) is 8.74. The predicted octanol–water partition coefficient (Wildman–Crippen LogP) is 4.12. The summed E-state index contributed by atoms with van der Waals surface area (Å²) in [5.41, 5.74) is 1.28. The van der Waals surface area contributed by atoms with Gasteiger partial charge in [0.25, 0.3) is 0 Å². The number of allylic oxidation sites excluding steroid dienone is 1. The topological polar surface area (TPSA) is 12.0 Å². The summed E-state index contributed by atoms with van der Waals surface area (Å²) in [4.78, 5) is 0. The molecule has 1 aromatic carbocycles. The molecule has 0 saturated carbocycles. The minimum atomic E-state index is -0.465. The summed E-state index contributed by atoms with van der Waals surface area (Å²) in [5.74, 6) is -0.931. The Balaban J connectivity index is 2.37. The van der Waals surface area contributed by atoms with Gasteiger partial charge in [-0.2, -0.15) is 0 Å². The van der Waals surface area contributed by atoms with Crippen molar-refractivity contribution in [1.82, 2.24) is 5.32 Å². The third-order valence-corrected chi connectivity index (χ3v) is 3.39. The molecule has 0 spiro atoms. The lowest BCUT2D eigenvalue weighted by Gasteiger charge is -2.25. The van der Waals surface area contributed by atoms with Gasteiger partial charge in [0.2, 0.25) is 0 Å². The maximum Gasteiger partial charge on any atom is 0.131 e. The predicted molar refractivity (Wildman–Crippen MR) is 69.3 cm³/mol. The van der Waals surface area contributed by atoms with Crippen LogP contribution in [0, 0.1) is 11.6 Å². The zero-order chi connectivity index (χ0) is 13.0. The molecule has 0 heterocycles. The van der Waals surface area contributed by atoms with E-state index in [2.05, 4.69) is 11.4 Å². The van der Waals surface area contributed by atoms with Crippen LogP contribution in [0.3, 0.4) is 0 Å². The zero-order valence-electron chi connectivity index (χ0n) is 10.7. The van der Waals surface area contributed by atoms with Gasteiger partial charge in [-0.25, -0.2) is 8.78 Å². The summed E-state index contributed by atoms with van der Waals surface area (Å²) < 4.78 is 27.7. The van der Waals surface area contributed by atoms with Gasteiger partial charge >= 0.3 is 0 Å². The first kappa shape index (κ1) is 13.2. The van der Waals surface area contributed by atoms with E-state index in [4.69, 9.17) is 0 Å². The van der Waals surface area contributed by atoms with Crippen molar-refractivity contribution in [3.05, 3.63) is 47.0 Å². The fourth-order valence-corrected chi connectivity index (χ4v) is 2.53. The van der Waals surface area contributed by atoms with Gasteiger partial charge in [0, 0.05) is 5.56 Å². The van der Waals surface area contributed by atoms with Gasteiger partial charge < -0.3 is 5.32 Å². The van der Waals surface area contributed by atoms with Crippen molar-refractivity contribution in [3.8, 4) is 0 Å². The van der Waals surface area contributed by atoms with Crippen LogP contribution in [-0.4, -0.2) is 6.54 Å². The monoisotopic (exact) mass is 251 g/mol. The molecule has 2 rings (SSSR count). The summed E-state index contributed by atoms with van der Waals surface area (Å²) >= 11 is 0. The van der Waals surface area contributed by atoms with Crippen molar-refractivity contribution in [3.63, 3.8) is 0 Å². The molecule has 0 aromatic heterocycles. The molecule has 1 unspecified atom stereocenters. The second-order valence-corrected chi connectivity index (χ2v) is 4.65. The van der Waals surface area contributed by atoms with Gasteiger partial charge in [-0.15, -0.1) is 0 Å². The van der Waals surface area contributed by atoms with E-state index >= 15 is 0 Å². The molecule has 1 aromatic rings. The number of halogens is 2. The standard InChI is InChI=1S/C15H19F2N/c1-2-18-15(11-7-4-3-5-8-11)14-12(16)9-6-10-13(14)17/h6-7,9-10,15,18H,2-5,8H2,1H3. The number of hydrogen-bond donors (Lipinski definition) is 1. The maximum atomic E-state index is 13.9. The number of likely N-dealkylation sites (N-methyl/N-ethyl adjacent to an activating group) is 1. The van der Waals surface area contributed by atoms with Crippen LogP contribution in [0.4, 0.5) is 8.78 Å². The molecule has 0 aliphatic heterocycles. The van der Waals surface area contributed by atoms with Crippen molar-refractivity contribution in [2.45, 2.75) is 38.6 Å². The molecular weight excluding hydrogens is 232 g/mol. The van der Waals surface area contributed by atoms with E-state index in [9.17, 15) is 8.78 Å². The van der Waals surface area contributed by atoms with Gasteiger partial charge in [-0.1, -0.05) is 24.6 Å². The molecule has 0 bridgehead atoms. The number of nitrogens with one attached hydrogen (secondary N) is 1. The van der Waals surface area contributed by atoms with E-state index in [0.29, 0.717) is 6.54 Å². The second-order valence-electron chi connectivity index (χ2n) is 4.65. The van der Waals surface area contributed by atoms with Gasteiger partial charge in [-0.05, 0) is 44.4 Å². The molecule has 1 aliphatic carbocycles. The summed E-state index contributed by atoms with van der Waals surface area (Å²) in [5, 5.41) is 3.20. The fraction of sp³-hybridized carbons (Fsp3) is 0.467. The Bertz CT molecular complexity index is 420. The number of hydrogen-bond acceptors (Lipinski definition) is 1. The lowest BCUT2D eigenvalue weighted by Crippen LogP contribution is -2.25. The van der Waals surface area contributed by atoms with Gasteiger partial charge in [0.05, 0.1) is 6.04 Å². The minimum Gasteiger partial charge on any atom is -0.307 e. The summed E-state index contributed by atoms with van der Waals surface area (Å²) in [6.07, 6.45) is 6.33. The molecule has 1 nitrogen and oxygen atoms in total. The van der Waals surface area contributed by atoms with Gasteiger partial charge in [0.15, 0.2) is 0 Å².